The molecule has 8 heteroatoms. The molecule has 0 radical (unpaired) electrons. The number of nitrogens with zero attached hydrogens (tertiary/aromatic N) is 3. The van der Waals surface area contributed by atoms with E-state index >= 15 is 0 Å². The van der Waals surface area contributed by atoms with Crippen molar-refractivity contribution in [1.82, 2.24) is 25.9 Å². The van der Waals surface area contributed by atoms with Crippen molar-refractivity contribution in [3.05, 3.63) is 18.0 Å². The maximum Gasteiger partial charge on any atom is 0.307 e. The molecule has 0 bridgehead atoms. The van der Waals surface area contributed by atoms with Crippen LogP contribution in [0.3, 0.4) is 0 Å². The topological polar surface area (TPSA) is 121 Å². The second-order valence-electron chi connectivity index (χ2n) is 4.49. The summed E-state index contributed by atoms with van der Waals surface area (Å²) in [7, 11) is 0. The van der Waals surface area contributed by atoms with Crippen LogP contribution in [-0.4, -0.2) is 37.6 Å². The van der Waals surface area contributed by atoms with E-state index in [4.69, 9.17) is 5.11 Å². The average molecular weight is 265 g/mol. The van der Waals surface area contributed by atoms with Crippen LogP contribution < -0.4 is 5.32 Å². The van der Waals surface area contributed by atoms with Gasteiger partial charge >= 0.3 is 5.97 Å². The molecule has 3 atom stereocenters. The minimum absolute atomic E-state index is 0.297. The SMILES string of the molecule is CC(NC(=O)C1CC=CCC1C(=O)O)c1nn[nH]n1. The molecule has 102 valence electrons. The molecular formula is C11H15N5O3. The van der Waals surface area contributed by atoms with Crippen LogP contribution in [0.2, 0.25) is 0 Å². The fourth-order valence-corrected chi connectivity index (χ4v) is 2.11. The molecule has 3 unspecified atom stereocenters. The quantitative estimate of drug-likeness (QED) is 0.661. The van der Waals surface area contributed by atoms with E-state index in [1.807, 2.05) is 6.08 Å². The summed E-state index contributed by atoms with van der Waals surface area (Å²) in [5.74, 6) is -2.11. The normalized spacial score (nSPS) is 23.8. The number of hydrogen-bond acceptors (Lipinski definition) is 5. The number of carbonyl (C=O) groups is 2. The predicted octanol–water partition coefficient (Wildman–Crippen LogP) is 0.0439. The van der Waals surface area contributed by atoms with E-state index in [0.29, 0.717) is 18.7 Å². The molecule has 1 aliphatic rings. The minimum atomic E-state index is -0.947. The van der Waals surface area contributed by atoms with Gasteiger partial charge in [0.25, 0.3) is 0 Å². The van der Waals surface area contributed by atoms with E-state index in [1.54, 1.807) is 13.0 Å². The lowest BCUT2D eigenvalue weighted by Crippen LogP contribution is -2.40. The number of aromatic nitrogens is 4. The highest BCUT2D eigenvalue weighted by Crippen LogP contribution is 2.26. The lowest BCUT2D eigenvalue weighted by atomic mass is 9.82. The van der Waals surface area contributed by atoms with Crippen molar-refractivity contribution in [2.24, 2.45) is 11.8 Å². The Kier molecular flexibility index (Phi) is 3.88. The number of carboxylic acid groups (broad SMARTS) is 1. The van der Waals surface area contributed by atoms with Crippen molar-refractivity contribution < 1.29 is 14.7 Å². The summed E-state index contributed by atoms with van der Waals surface area (Å²) in [6.07, 6.45) is 4.44. The van der Waals surface area contributed by atoms with Gasteiger partial charge in [0.2, 0.25) is 5.91 Å². The first-order valence-corrected chi connectivity index (χ1v) is 6.01. The molecule has 1 amide bonds. The zero-order valence-corrected chi connectivity index (χ0v) is 10.4. The third-order valence-corrected chi connectivity index (χ3v) is 3.19. The first-order valence-electron chi connectivity index (χ1n) is 6.01. The maximum atomic E-state index is 12.1. The number of H-pyrrole nitrogens is 1. The molecule has 3 N–H and O–H groups in total. The van der Waals surface area contributed by atoms with Crippen LogP contribution in [0.5, 0.6) is 0 Å². The fourth-order valence-electron chi connectivity index (χ4n) is 2.11. The third kappa shape index (κ3) is 2.95. The summed E-state index contributed by atoms with van der Waals surface area (Å²) in [5.41, 5.74) is 0. The molecule has 0 aliphatic heterocycles. The second kappa shape index (κ2) is 5.59. The Balaban J connectivity index is 2.02. The fraction of sp³-hybridized carbons (Fsp3) is 0.545. The van der Waals surface area contributed by atoms with Crippen LogP contribution in [-0.2, 0) is 9.59 Å². The van der Waals surface area contributed by atoms with Crippen molar-refractivity contribution in [2.45, 2.75) is 25.8 Å². The number of allylic oxidation sites excluding steroid dienone is 2. The summed E-state index contributed by atoms with van der Waals surface area (Å²) >= 11 is 0. The standard InChI is InChI=1S/C11H15N5O3/c1-6(9-13-15-16-14-9)12-10(17)7-4-2-3-5-8(7)11(18)19/h2-3,6-8H,4-5H2,1H3,(H,12,17)(H,18,19)(H,13,14,15,16). The first kappa shape index (κ1) is 13.2. The number of nitrogens with one attached hydrogen (secondary N) is 2. The largest absolute Gasteiger partial charge is 0.481 e. The summed E-state index contributed by atoms with van der Waals surface area (Å²) in [6.45, 7) is 1.72. The van der Waals surface area contributed by atoms with E-state index in [9.17, 15) is 9.59 Å². The van der Waals surface area contributed by atoms with Crippen LogP contribution in [0.25, 0.3) is 0 Å². The molecule has 0 saturated heterocycles. The molecule has 1 aliphatic carbocycles. The number of carboxylic acids is 1. The van der Waals surface area contributed by atoms with Gasteiger partial charge in [0, 0.05) is 0 Å². The van der Waals surface area contributed by atoms with Gasteiger partial charge in [0.05, 0.1) is 17.9 Å². The van der Waals surface area contributed by atoms with Crippen molar-refractivity contribution >= 4 is 11.9 Å². The van der Waals surface area contributed by atoms with E-state index in [0.717, 1.165) is 0 Å². The van der Waals surface area contributed by atoms with Crippen LogP contribution in [0, 0.1) is 11.8 Å². The molecule has 0 aromatic carbocycles. The Morgan fingerprint density at radius 3 is 2.68 bits per heavy atom. The molecular weight excluding hydrogens is 250 g/mol. The van der Waals surface area contributed by atoms with Gasteiger partial charge in [-0.15, -0.1) is 10.2 Å². The number of aromatic amines is 1. The zero-order chi connectivity index (χ0) is 13.8. The van der Waals surface area contributed by atoms with E-state index in [1.165, 1.54) is 0 Å². The van der Waals surface area contributed by atoms with Crippen molar-refractivity contribution in [3.8, 4) is 0 Å². The molecule has 19 heavy (non-hydrogen) atoms. The molecule has 1 aromatic heterocycles. The Bertz CT molecular complexity index is 485. The summed E-state index contributed by atoms with van der Waals surface area (Å²) in [4.78, 5) is 23.3. The van der Waals surface area contributed by atoms with Gasteiger partial charge in [0.15, 0.2) is 5.82 Å². The Labute approximate surface area is 109 Å². The summed E-state index contributed by atoms with van der Waals surface area (Å²) < 4.78 is 0. The van der Waals surface area contributed by atoms with Crippen LogP contribution >= 0.6 is 0 Å². The number of aliphatic carboxylic acids is 1. The van der Waals surface area contributed by atoms with Crippen LogP contribution in [0.1, 0.15) is 31.6 Å². The van der Waals surface area contributed by atoms with Gasteiger partial charge in [-0.25, -0.2) is 0 Å². The van der Waals surface area contributed by atoms with Gasteiger partial charge in [-0.1, -0.05) is 17.4 Å². The van der Waals surface area contributed by atoms with Gasteiger partial charge in [0.1, 0.15) is 0 Å². The number of tetrazole rings is 1. The number of hydrogen-bond donors (Lipinski definition) is 3. The summed E-state index contributed by atoms with van der Waals surface area (Å²) in [5, 5.41) is 25.1. The smallest absolute Gasteiger partial charge is 0.307 e. The Morgan fingerprint density at radius 1 is 1.42 bits per heavy atom. The van der Waals surface area contributed by atoms with E-state index in [2.05, 4.69) is 25.9 Å². The van der Waals surface area contributed by atoms with Gasteiger partial charge in [-0.3, -0.25) is 9.59 Å². The lowest BCUT2D eigenvalue weighted by Gasteiger charge is -2.25. The number of rotatable bonds is 4. The summed E-state index contributed by atoms with van der Waals surface area (Å²) in [6, 6.07) is -0.411. The molecule has 8 nitrogen and oxygen atoms in total. The Hall–Kier alpha value is -2.25. The highest BCUT2D eigenvalue weighted by atomic mass is 16.4. The molecule has 2 rings (SSSR count). The molecule has 1 heterocycles. The zero-order valence-electron chi connectivity index (χ0n) is 10.4. The third-order valence-electron chi connectivity index (χ3n) is 3.19. The van der Waals surface area contributed by atoms with E-state index < -0.39 is 23.8 Å². The van der Waals surface area contributed by atoms with Gasteiger partial charge < -0.3 is 10.4 Å². The molecule has 0 spiro atoms. The van der Waals surface area contributed by atoms with Crippen molar-refractivity contribution in [3.63, 3.8) is 0 Å². The molecule has 1 aromatic rings. The first-order chi connectivity index (χ1) is 9.09. The average Bonchev–Trinajstić information content (AvgIpc) is 2.92. The lowest BCUT2D eigenvalue weighted by molar-refractivity contribution is -0.147. The highest BCUT2D eigenvalue weighted by Gasteiger charge is 2.34. The maximum absolute atomic E-state index is 12.1. The monoisotopic (exact) mass is 265 g/mol. The van der Waals surface area contributed by atoms with Gasteiger partial charge in [-0.05, 0) is 19.8 Å². The molecule has 0 fully saturated rings. The highest BCUT2D eigenvalue weighted by molar-refractivity contribution is 5.85. The van der Waals surface area contributed by atoms with Crippen LogP contribution in [0.4, 0.5) is 0 Å². The number of carbonyl (C=O) groups excluding carboxylic acids is 1. The number of amides is 1. The Morgan fingerprint density at radius 2 is 2.11 bits per heavy atom. The minimum Gasteiger partial charge on any atom is -0.481 e. The predicted molar refractivity (Wildman–Crippen MR) is 63.7 cm³/mol. The van der Waals surface area contributed by atoms with Crippen molar-refractivity contribution in [1.29, 1.82) is 0 Å². The van der Waals surface area contributed by atoms with Crippen molar-refractivity contribution in [2.75, 3.05) is 0 Å². The second-order valence-corrected chi connectivity index (χ2v) is 4.49. The molecule has 0 saturated carbocycles. The van der Waals surface area contributed by atoms with Gasteiger partial charge in [-0.2, -0.15) is 5.21 Å². The van der Waals surface area contributed by atoms with E-state index in [-0.39, 0.29) is 5.91 Å². The van der Waals surface area contributed by atoms with Crippen LogP contribution in [0.15, 0.2) is 12.2 Å².